The molecule has 1 fully saturated rings. The minimum atomic E-state index is -4.73. The van der Waals surface area contributed by atoms with E-state index < -0.39 is 27.9 Å². The number of piperidine rings is 1. The van der Waals surface area contributed by atoms with E-state index in [0.717, 1.165) is 11.8 Å². The summed E-state index contributed by atoms with van der Waals surface area (Å²) in [6.07, 6.45) is -1.83. The van der Waals surface area contributed by atoms with E-state index in [4.69, 9.17) is 0 Å². The van der Waals surface area contributed by atoms with Crippen LogP contribution in [0.3, 0.4) is 0 Å². The van der Waals surface area contributed by atoms with E-state index in [2.05, 4.69) is 20.6 Å². The zero-order valence-electron chi connectivity index (χ0n) is 18.7. The zero-order chi connectivity index (χ0) is 24.7. The summed E-state index contributed by atoms with van der Waals surface area (Å²) in [4.78, 5) is 21.0. The Kier molecular flexibility index (Phi) is 6.42. The summed E-state index contributed by atoms with van der Waals surface area (Å²) in [6.45, 7) is 2.01. The fourth-order valence-corrected chi connectivity index (χ4v) is 5.50. The first-order valence-corrected chi connectivity index (χ1v) is 12.7. The number of fused-ring (bicyclic) bond motifs is 1. The Bertz CT molecular complexity index is 1200. The van der Waals surface area contributed by atoms with Gasteiger partial charge in [0.15, 0.2) is 0 Å². The molecule has 2 aliphatic heterocycles. The molecule has 0 radical (unpaired) electrons. The normalized spacial score (nSPS) is 19.0. The number of halogens is 3. The van der Waals surface area contributed by atoms with Gasteiger partial charge in [0, 0.05) is 30.7 Å². The third kappa shape index (κ3) is 4.94. The van der Waals surface area contributed by atoms with Crippen LogP contribution in [-0.2, 0) is 27.4 Å². The molecule has 0 aliphatic carbocycles. The molecule has 1 atom stereocenters. The molecular formula is C21H25F3N6O3S. The van der Waals surface area contributed by atoms with Crippen molar-refractivity contribution in [3.05, 3.63) is 35.5 Å². The van der Waals surface area contributed by atoms with Gasteiger partial charge in [-0.1, -0.05) is 0 Å². The quantitative estimate of drug-likeness (QED) is 0.629. The highest BCUT2D eigenvalue weighted by Gasteiger charge is 2.41. The monoisotopic (exact) mass is 498 g/mol. The lowest BCUT2D eigenvalue weighted by atomic mass is 10.1. The van der Waals surface area contributed by atoms with Gasteiger partial charge >= 0.3 is 6.18 Å². The number of benzene rings is 1. The lowest BCUT2D eigenvalue weighted by molar-refractivity contribution is -0.137. The van der Waals surface area contributed by atoms with Crippen LogP contribution in [0.4, 0.5) is 36.3 Å². The fourth-order valence-electron chi connectivity index (χ4n) is 4.38. The molecule has 1 aromatic carbocycles. The number of aromatic nitrogens is 2. The van der Waals surface area contributed by atoms with Crippen LogP contribution in [0.1, 0.15) is 37.3 Å². The van der Waals surface area contributed by atoms with Crippen molar-refractivity contribution in [2.45, 2.75) is 44.9 Å². The summed E-state index contributed by atoms with van der Waals surface area (Å²) in [5.74, 6) is -0.590. The molecule has 2 aromatic rings. The number of anilines is 4. The maximum atomic E-state index is 13.9. The van der Waals surface area contributed by atoms with Gasteiger partial charge in [0.1, 0.15) is 11.4 Å². The van der Waals surface area contributed by atoms with Crippen molar-refractivity contribution in [3.63, 3.8) is 0 Å². The molecule has 0 spiro atoms. The summed E-state index contributed by atoms with van der Waals surface area (Å²) < 4.78 is 67.6. The number of alkyl halides is 3. The largest absolute Gasteiger partial charge is 0.421 e. The van der Waals surface area contributed by atoms with E-state index in [9.17, 15) is 26.4 Å². The smallest absolute Gasteiger partial charge is 0.339 e. The third-order valence-electron chi connectivity index (χ3n) is 5.88. The van der Waals surface area contributed by atoms with Crippen molar-refractivity contribution in [2.24, 2.45) is 0 Å². The molecule has 1 aromatic heterocycles. The average Bonchev–Trinajstić information content (AvgIpc) is 3.12. The number of hydrogen-bond donors (Lipinski definition) is 2. The van der Waals surface area contributed by atoms with E-state index in [1.807, 2.05) is 0 Å². The van der Waals surface area contributed by atoms with Gasteiger partial charge in [-0.15, -0.1) is 0 Å². The minimum Gasteiger partial charge on any atom is -0.339 e. The molecule has 9 nitrogen and oxygen atoms in total. The molecule has 4 rings (SSSR count). The second kappa shape index (κ2) is 9.02. The van der Waals surface area contributed by atoms with Crippen molar-refractivity contribution in [1.29, 1.82) is 0 Å². The second-order valence-electron chi connectivity index (χ2n) is 8.29. The molecule has 2 N–H and O–H groups in total. The summed E-state index contributed by atoms with van der Waals surface area (Å²) in [5.41, 5.74) is 0.908. The summed E-state index contributed by atoms with van der Waals surface area (Å²) in [5, 5.41) is 5.62. The fraction of sp³-hybridized carbons (Fsp3) is 0.476. The number of carbonyl (C=O) groups is 1. The Balaban J connectivity index is 1.72. The number of carbonyl (C=O) groups excluding carboxylic acids is 1. The summed E-state index contributed by atoms with van der Waals surface area (Å²) in [6, 6.07) is 5.06. The van der Waals surface area contributed by atoms with Crippen molar-refractivity contribution in [1.82, 2.24) is 14.3 Å². The molecule has 1 saturated heterocycles. The van der Waals surface area contributed by atoms with Gasteiger partial charge < -0.3 is 15.5 Å². The maximum Gasteiger partial charge on any atom is 0.421 e. The third-order valence-corrected chi connectivity index (χ3v) is 7.16. The van der Waals surface area contributed by atoms with Gasteiger partial charge in [-0.05, 0) is 49.9 Å². The molecular weight excluding hydrogens is 473 g/mol. The van der Waals surface area contributed by atoms with E-state index in [1.54, 1.807) is 25.1 Å². The van der Waals surface area contributed by atoms with Crippen LogP contribution in [0.5, 0.6) is 0 Å². The zero-order valence-corrected chi connectivity index (χ0v) is 19.5. The van der Waals surface area contributed by atoms with Crippen LogP contribution in [0.2, 0.25) is 0 Å². The van der Waals surface area contributed by atoms with Crippen LogP contribution in [0, 0.1) is 0 Å². The number of nitrogens with zero attached hydrogens (tertiary/aromatic N) is 4. The highest BCUT2D eigenvalue weighted by Crippen LogP contribution is 2.38. The lowest BCUT2D eigenvalue weighted by Crippen LogP contribution is -2.53. The topological polar surface area (TPSA) is 108 Å². The average molecular weight is 499 g/mol. The predicted octanol–water partition coefficient (Wildman–Crippen LogP) is 3.33. The predicted molar refractivity (Wildman–Crippen MR) is 121 cm³/mol. The van der Waals surface area contributed by atoms with Crippen molar-refractivity contribution in [2.75, 3.05) is 34.9 Å². The van der Waals surface area contributed by atoms with Gasteiger partial charge in [-0.25, -0.2) is 13.4 Å². The van der Waals surface area contributed by atoms with Crippen LogP contribution in [-0.4, -0.2) is 54.1 Å². The highest BCUT2D eigenvalue weighted by molar-refractivity contribution is 7.88. The van der Waals surface area contributed by atoms with Gasteiger partial charge in [0.2, 0.25) is 21.9 Å². The number of hydrogen-bond acceptors (Lipinski definition) is 7. The highest BCUT2D eigenvalue weighted by atomic mass is 32.2. The van der Waals surface area contributed by atoms with Crippen LogP contribution in [0.15, 0.2) is 24.4 Å². The van der Waals surface area contributed by atoms with E-state index in [1.165, 1.54) is 9.21 Å². The van der Waals surface area contributed by atoms with Crippen LogP contribution in [0.25, 0.3) is 0 Å². The van der Waals surface area contributed by atoms with Crippen molar-refractivity contribution < 1.29 is 26.4 Å². The Morgan fingerprint density at radius 1 is 1.29 bits per heavy atom. The first-order chi connectivity index (χ1) is 16.0. The van der Waals surface area contributed by atoms with E-state index in [0.29, 0.717) is 36.8 Å². The minimum absolute atomic E-state index is 0.0691. The lowest BCUT2D eigenvalue weighted by Gasteiger charge is -2.42. The maximum absolute atomic E-state index is 13.9. The number of amides is 1. The number of sulfonamides is 1. The molecule has 3 heterocycles. The van der Waals surface area contributed by atoms with Gasteiger partial charge in [0.25, 0.3) is 0 Å². The molecule has 2 aliphatic rings. The summed E-state index contributed by atoms with van der Waals surface area (Å²) in [7, 11) is -3.64. The first kappa shape index (κ1) is 24.2. The Hall–Kier alpha value is -2.93. The SMILES string of the molecule is CCN(c1nc(Nc2ccc3c(c2)CC(=O)N3)ncc1C(F)(F)F)[C@H]1CCCCN1S(C)(=O)=O. The van der Waals surface area contributed by atoms with E-state index in [-0.39, 0.29) is 37.2 Å². The van der Waals surface area contributed by atoms with Gasteiger partial charge in [-0.3, -0.25) is 4.79 Å². The van der Waals surface area contributed by atoms with Crippen LogP contribution < -0.4 is 15.5 Å². The van der Waals surface area contributed by atoms with Gasteiger partial charge in [0.05, 0.1) is 18.8 Å². The van der Waals surface area contributed by atoms with Crippen molar-refractivity contribution in [3.8, 4) is 0 Å². The molecule has 0 unspecified atom stereocenters. The van der Waals surface area contributed by atoms with Gasteiger partial charge in [-0.2, -0.15) is 22.5 Å². The Morgan fingerprint density at radius 2 is 2.06 bits per heavy atom. The van der Waals surface area contributed by atoms with Crippen LogP contribution >= 0.6 is 0 Å². The van der Waals surface area contributed by atoms with E-state index >= 15 is 0 Å². The number of nitrogens with one attached hydrogen (secondary N) is 2. The molecule has 34 heavy (non-hydrogen) atoms. The Morgan fingerprint density at radius 3 is 2.74 bits per heavy atom. The molecule has 1 amide bonds. The van der Waals surface area contributed by atoms with Crippen molar-refractivity contribution >= 4 is 39.1 Å². The molecule has 0 saturated carbocycles. The molecule has 0 bridgehead atoms. The molecule has 184 valence electrons. The summed E-state index contributed by atoms with van der Waals surface area (Å²) >= 11 is 0. The number of rotatable bonds is 6. The standard InChI is InChI=1S/C21H25F3N6O3S/c1-3-29(18-6-4-5-9-30(18)34(2,32)33)19-15(21(22,23)24)12-25-20(28-19)26-14-7-8-16-13(10-14)11-17(31)27-16/h7-8,10,12,18H,3-6,9,11H2,1-2H3,(H,27,31)(H,25,26,28)/t18-/m1/s1. The molecule has 13 heteroatoms. The Labute approximate surface area is 195 Å². The second-order valence-corrected chi connectivity index (χ2v) is 10.2. The first-order valence-electron chi connectivity index (χ1n) is 10.8.